The Kier molecular flexibility index (Phi) is 3.68. The molecular formula is C13H20N8. The summed E-state index contributed by atoms with van der Waals surface area (Å²) in [5.41, 5.74) is 0. The highest BCUT2D eigenvalue weighted by Gasteiger charge is 2.18. The molecule has 0 amide bonds. The number of nitrogens with one attached hydrogen (secondary N) is 1. The molecule has 1 fully saturated rings. The van der Waals surface area contributed by atoms with E-state index in [2.05, 4.69) is 35.3 Å². The topological polar surface area (TPSA) is 84.7 Å². The van der Waals surface area contributed by atoms with E-state index >= 15 is 0 Å². The number of aromatic nitrogens is 6. The van der Waals surface area contributed by atoms with E-state index in [-0.39, 0.29) is 0 Å². The van der Waals surface area contributed by atoms with Crippen LogP contribution in [0.2, 0.25) is 0 Å². The van der Waals surface area contributed by atoms with E-state index in [1.54, 1.807) is 11.7 Å². The molecule has 0 aromatic carbocycles. The van der Waals surface area contributed by atoms with Crippen molar-refractivity contribution in [3.8, 4) is 5.95 Å². The summed E-state index contributed by atoms with van der Waals surface area (Å²) in [5, 5.41) is 7.34. The molecule has 2 aromatic heterocycles. The first-order valence-electron chi connectivity index (χ1n) is 7.27. The van der Waals surface area contributed by atoms with Crippen molar-refractivity contribution in [3.05, 3.63) is 11.6 Å². The number of piperidine rings is 1. The molecule has 0 radical (unpaired) electrons. The second kappa shape index (κ2) is 5.63. The van der Waals surface area contributed by atoms with Gasteiger partial charge in [-0.05, 0) is 33.1 Å². The minimum absolute atomic E-state index is 0.507. The quantitative estimate of drug-likeness (QED) is 0.905. The lowest BCUT2D eigenvalue weighted by Gasteiger charge is -2.26. The largest absolute Gasteiger partial charge is 0.357 e. The molecule has 1 aliphatic heterocycles. The second-order valence-electron chi connectivity index (χ2n) is 5.17. The molecule has 0 bridgehead atoms. The van der Waals surface area contributed by atoms with Crippen molar-refractivity contribution in [1.82, 2.24) is 29.7 Å². The number of aryl methyl sites for hydroxylation is 2. The van der Waals surface area contributed by atoms with Crippen LogP contribution in [0.1, 0.15) is 30.9 Å². The van der Waals surface area contributed by atoms with Crippen LogP contribution in [-0.2, 0) is 0 Å². The molecule has 1 aliphatic rings. The van der Waals surface area contributed by atoms with Crippen LogP contribution in [0.3, 0.4) is 0 Å². The first kappa shape index (κ1) is 13.7. The van der Waals surface area contributed by atoms with Crippen LogP contribution in [-0.4, -0.2) is 49.9 Å². The minimum atomic E-state index is 0.507. The van der Waals surface area contributed by atoms with Crippen LogP contribution in [0, 0.1) is 13.8 Å². The summed E-state index contributed by atoms with van der Waals surface area (Å²) in [5.74, 6) is 3.24. The Hall–Kier alpha value is -2.25. The zero-order chi connectivity index (χ0) is 14.8. The second-order valence-corrected chi connectivity index (χ2v) is 5.17. The molecule has 1 N–H and O–H groups in total. The number of anilines is 2. The van der Waals surface area contributed by atoms with Crippen LogP contribution >= 0.6 is 0 Å². The van der Waals surface area contributed by atoms with E-state index in [4.69, 9.17) is 0 Å². The van der Waals surface area contributed by atoms with Gasteiger partial charge in [0, 0.05) is 20.1 Å². The SMILES string of the molecule is CNc1nc(N2CCCCC2)nc(-n2nc(C)nc2C)n1. The van der Waals surface area contributed by atoms with Crippen LogP contribution < -0.4 is 10.2 Å². The number of hydrogen-bond donors (Lipinski definition) is 1. The van der Waals surface area contributed by atoms with Gasteiger partial charge in [0.2, 0.25) is 11.9 Å². The Labute approximate surface area is 123 Å². The van der Waals surface area contributed by atoms with E-state index in [0.29, 0.717) is 23.7 Å². The van der Waals surface area contributed by atoms with E-state index < -0.39 is 0 Å². The third-order valence-electron chi connectivity index (χ3n) is 3.54. The monoisotopic (exact) mass is 288 g/mol. The van der Waals surface area contributed by atoms with Gasteiger partial charge < -0.3 is 10.2 Å². The zero-order valence-corrected chi connectivity index (χ0v) is 12.7. The molecule has 3 rings (SSSR count). The van der Waals surface area contributed by atoms with Crippen LogP contribution in [0.4, 0.5) is 11.9 Å². The smallest absolute Gasteiger partial charge is 0.258 e. The molecule has 3 heterocycles. The van der Waals surface area contributed by atoms with Gasteiger partial charge in [-0.3, -0.25) is 0 Å². The average molecular weight is 288 g/mol. The molecular weight excluding hydrogens is 268 g/mol. The lowest BCUT2D eigenvalue weighted by molar-refractivity contribution is 0.566. The highest BCUT2D eigenvalue weighted by atomic mass is 15.4. The van der Waals surface area contributed by atoms with Gasteiger partial charge in [0.15, 0.2) is 0 Å². The van der Waals surface area contributed by atoms with E-state index in [9.17, 15) is 0 Å². The van der Waals surface area contributed by atoms with Gasteiger partial charge in [-0.1, -0.05) is 0 Å². The third kappa shape index (κ3) is 2.79. The fourth-order valence-corrected chi connectivity index (χ4v) is 2.51. The summed E-state index contributed by atoms with van der Waals surface area (Å²) in [6.45, 7) is 5.72. The Balaban J connectivity index is 2.02. The number of hydrogen-bond acceptors (Lipinski definition) is 7. The van der Waals surface area contributed by atoms with Crippen LogP contribution in [0.15, 0.2) is 0 Å². The maximum Gasteiger partial charge on any atom is 0.258 e. The number of rotatable bonds is 3. The van der Waals surface area contributed by atoms with Crippen molar-refractivity contribution in [1.29, 1.82) is 0 Å². The molecule has 0 aliphatic carbocycles. The normalized spacial score (nSPS) is 15.3. The standard InChI is InChI=1S/C13H20N8/c1-9-15-10(2)21(19-9)13-17-11(14-3)16-12(18-13)20-7-5-4-6-8-20/h4-8H2,1-3H3,(H,14,16,17,18). The van der Waals surface area contributed by atoms with Crippen molar-refractivity contribution >= 4 is 11.9 Å². The van der Waals surface area contributed by atoms with Crippen molar-refractivity contribution < 1.29 is 0 Å². The fraction of sp³-hybridized carbons (Fsp3) is 0.615. The molecule has 21 heavy (non-hydrogen) atoms. The van der Waals surface area contributed by atoms with Crippen molar-refractivity contribution in [2.24, 2.45) is 0 Å². The first-order chi connectivity index (χ1) is 10.2. The Morgan fingerprint density at radius 3 is 2.24 bits per heavy atom. The van der Waals surface area contributed by atoms with E-state index in [1.165, 1.54) is 19.3 Å². The fourth-order valence-electron chi connectivity index (χ4n) is 2.51. The minimum Gasteiger partial charge on any atom is -0.357 e. The van der Waals surface area contributed by atoms with Gasteiger partial charge in [0.25, 0.3) is 5.95 Å². The average Bonchev–Trinajstić information content (AvgIpc) is 2.86. The molecule has 112 valence electrons. The van der Waals surface area contributed by atoms with Gasteiger partial charge in [0.05, 0.1) is 0 Å². The van der Waals surface area contributed by atoms with E-state index in [1.807, 2.05) is 13.8 Å². The van der Waals surface area contributed by atoms with Crippen LogP contribution in [0.5, 0.6) is 0 Å². The number of nitrogens with zero attached hydrogens (tertiary/aromatic N) is 7. The summed E-state index contributed by atoms with van der Waals surface area (Å²) in [4.78, 5) is 19.9. The molecule has 0 spiro atoms. The molecule has 8 heteroatoms. The molecule has 2 aromatic rings. The Morgan fingerprint density at radius 1 is 0.905 bits per heavy atom. The maximum absolute atomic E-state index is 4.57. The summed E-state index contributed by atoms with van der Waals surface area (Å²) in [7, 11) is 1.80. The van der Waals surface area contributed by atoms with Gasteiger partial charge in [-0.25, -0.2) is 4.98 Å². The Bertz CT molecular complexity index is 629. The lowest BCUT2D eigenvalue weighted by atomic mass is 10.1. The van der Waals surface area contributed by atoms with Crippen LogP contribution in [0.25, 0.3) is 5.95 Å². The molecule has 0 atom stereocenters. The predicted molar refractivity (Wildman–Crippen MR) is 79.8 cm³/mol. The molecule has 8 nitrogen and oxygen atoms in total. The van der Waals surface area contributed by atoms with E-state index in [0.717, 1.165) is 18.9 Å². The van der Waals surface area contributed by atoms with Gasteiger partial charge in [-0.15, -0.1) is 5.10 Å². The molecule has 1 saturated heterocycles. The molecule has 0 saturated carbocycles. The van der Waals surface area contributed by atoms with Gasteiger partial charge in [-0.2, -0.15) is 19.6 Å². The molecule has 0 unspecified atom stereocenters. The predicted octanol–water partition coefficient (Wildman–Crippen LogP) is 1.10. The maximum atomic E-state index is 4.57. The zero-order valence-electron chi connectivity index (χ0n) is 12.7. The summed E-state index contributed by atoms with van der Waals surface area (Å²) in [6.07, 6.45) is 3.63. The third-order valence-corrected chi connectivity index (χ3v) is 3.54. The van der Waals surface area contributed by atoms with Gasteiger partial charge >= 0.3 is 0 Å². The first-order valence-corrected chi connectivity index (χ1v) is 7.27. The lowest BCUT2D eigenvalue weighted by Crippen LogP contribution is -2.31. The summed E-state index contributed by atoms with van der Waals surface area (Å²) in [6, 6.07) is 0. The van der Waals surface area contributed by atoms with Crippen molar-refractivity contribution in [2.45, 2.75) is 33.1 Å². The van der Waals surface area contributed by atoms with Crippen molar-refractivity contribution in [2.75, 3.05) is 30.4 Å². The van der Waals surface area contributed by atoms with Crippen molar-refractivity contribution in [3.63, 3.8) is 0 Å². The van der Waals surface area contributed by atoms with Gasteiger partial charge in [0.1, 0.15) is 11.6 Å². The highest BCUT2D eigenvalue weighted by Crippen LogP contribution is 2.18. The summed E-state index contributed by atoms with van der Waals surface area (Å²) >= 11 is 0. The summed E-state index contributed by atoms with van der Waals surface area (Å²) < 4.78 is 1.66. The Morgan fingerprint density at radius 2 is 1.62 bits per heavy atom. The highest BCUT2D eigenvalue weighted by molar-refractivity contribution is 5.40.